The summed E-state index contributed by atoms with van der Waals surface area (Å²) < 4.78 is 4.90. The Morgan fingerprint density at radius 3 is 2.86 bits per heavy atom. The van der Waals surface area contributed by atoms with Crippen LogP contribution in [0.1, 0.15) is 36.9 Å². The number of esters is 1. The van der Waals surface area contributed by atoms with Crippen molar-refractivity contribution < 1.29 is 14.3 Å². The SMILES string of the molecule is CCC(=O)OCCC(=O)N1C=Cc2ccccc2C1C#N. The maximum Gasteiger partial charge on any atom is 0.305 e. The lowest BCUT2D eigenvalue weighted by molar-refractivity contribution is -0.144. The normalized spacial score (nSPS) is 16.0. The molecule has 1 atom stereocenters. The molecule has 1 aliphatic heterocycles. The van der Waals surface area contributed by atoms with Gasteiger partial charge in [-0.2, -0.15) is 5.26 Å². The van der Waals surface area contributed by atoms with E-state index < -0.39 is 6.04 Å². The number of ether oxygens (including phenoxy) is 1. The van der Waals surface area contributed by atoms with Gasteiger partial charge in [0.2, 0.25) is 5.91 Å². The topological polar surface area (TPSA) is 70.4 Å². The van der Waals surface area contributed by atoms with Crippen molar-refractivity contribution in [2.45, 2.75) is 25.8 Å². The van der Waals surface area contributed by atoms with Gasteiger partial charge in [-0.05, 0) is 17.2 Å². The molecule has 1 aromatic carbocycles. The Kier molecular flexibility index (Phi) is 4.72. The van der Waals surface area contributed by atoms with Crippen LogP contribution < -0.4 is 0 Å². The number of carbonyl (C=O) groups is 2. The Bertz CT molecular complexity index is 616. The first-order valence-corrected chi connectivity index (χ1v) is 6.81. The summed E-state index contributed by atoms with van der Waals surface area (Å²) in [6, 6.07) is 8.98. The van der Waals surface area contributed by atoms with E-state index in [2.05, 4.69) is 6.07 Å². The number of nitriles is 1. The van der Waals surface area contributed by atoms with E-state index >= 15 is 0 Å². The minimum Gasteiger partial charge on any atom is -0.465 e. The Morgan fingerprint density at radius 1 is 1.38 bits per heavy atom. The highest BCUT2D eigenvalue weighted by Gasteiger charge is 2.27. The minimum absolute atomic E-state index is 0.0373. The third-order valence-electron chi connectivity index (χ3n) is 3.26. The standard InChI is InChI=1S/C16H16N2O3/c1-2-16(20)21-10-8-15(19)18-9-7-12-5-3-4-6-13(12)14(18)11-17/h3-7,9,14H,2,8,10H2,1H3. The van der Waals surface area contributed by atoms with Gasteiger partial charge in [0.1, 0.15) is 12.6 Å². The molecule has 0 aliphatic carbocycles. The van der Waals surface area contributed by atoms with Gasteiger partial charge in [-0.15, -0.1) is 0 Å². The zero-order valence-electron chi connectivity index (χ0n) is 11.8. The highest BCUT2D eigenvalue weighted by Crippen LogP contribution is 2.29. The fraction of sp³-hybridized carbons (Fsp3) is 0.312. The summed E-state index contributed by atoms with van der Waals surface area (Å²) in [5.41, 5.74) is 1.74. The van der Waals surface area contributed by atoms with Crippen LogP contribution in [0, 0.1) is 11.3 Å². The van der Waals surface area contributed by atoms with Crippen molar-refractivity contribution in [3.63, 3.8) is 0 Å². The molecular formula is C16H16N2O3. The van der Waals surface area contributed by atoms with Crippen LogP contribution in [0.15, 0.2) is 30.5 Å². The number of hydrogen-bond donors (Lipinski definition) is 0. The lowest BCUT2D eigenvalue weighted by atomic mass is 9.97. The van der Waals surface area contributed by atoms with Gasteiger partial charge in [-0.25, -0.2) is 0 Å². The molecule has 1 aliphatic rings. The molecular weight excluding hydrogens is 268 g/mol. The number of nitrogens with zero attached hydrogens (tertiary/aromatic N) is 2. The first-order valence-electron chi connectivity index (χ1n) is 6.81. The molecule has 1 aromatic rings. The van der Waals surface area contributed by atoms with E-state index in [1.54, 1.807) is 19.2 Å². The molecule has 0 N–H and O–H groups in total. The van der Waals surface area contributed by atoms with Crippen LogP contribution in [-0.2, 0) is 14.3 Å². The molecule has 108 valence electrons. The van der Waals surface area contributed by atoms with E-state index in [9.17, 15) is 14.9 Å². The average molecular weight is 284 g/mol. The number of rotatable bonds is 4. The molecule has 5 heteroatoms. The molecule has 2 rings (SSSR count). The third-order valence-corrected chi connectivity index (χ3v) is 3.26. The largest absolute Gasteiger partial charge is 0.465 e. The fourth-order valence-electron chi connectivity index (χ4n) is 2.15. The quantitative estimate of drug-likeness (QED) is 0.796. The Morgan fingerprint density at radius 2 is 2.14 bits per heavy atom. The first kappa shape index (κ1) is 14.8. The molecule has 0 fully saturated rings. The van der Waals surface area contributed by atoms with E-state index in [-0.39, 0.29) is 31.3 Å². The summed E-state index contributed by atoms with van der Waals surface area (Å²) in [6.45, 7) is 1.73. The molecule has 0 saturated carbocycles. The summed E-state index contributed by atoms with van der Waals surface area (Å²) in [4.78, 5) is 24.6. The summed E-state index contributed by atoms with van der Waals surface area (Å²) in [7, 11) is 0. The van der Waals surface area contributed by atoms with Crippen LogP contribution in [-0.4, -0.2) is 23.4 Å². The van der Waals surface area contributed by atoms with Crippen molar-refractivity contribution in [2.75, 3.05) is 6.61 Å². The summed E-state index contributed by atoms with van der Waals surface area (Å²) in [5, 5.41) is 9.35. The number of fused-ring (bicyclic) bond motifs is 1. The molecule has 1 heterocycles. The van der Waals surface area contributed by atoms with Gasteiger partial charge in [0.05, 0.1) is 12.5 Å². The molecule has 1 unspecified atom stereocenters. The van der Waals surface area contributed by atoms with E-state index in [0.29, 0.717) is 0 Å². The van der Waals surface area contributed by atoms with Crippen molar-refractivity contribution in [3.8, 4) is 6.07 Å². The second-order valence-corrected chi connectivity index (χ2v) is 4.60. The monoisotopic (exact) mass is 284 g/mol. The molecule has 0 aromatic heterocycles. The predicted octanol–water partition coefficient (Wildman–Crippen LogP) is 2.41. The molecule has 0 saturated heterocycles. The summed E-state index contributed by atoms with van der Waals surface area (Å²) in [6.07, 6.45) is 3.77. The lowest BCUT2D eigenvalue weighted by Gasteiger charge is -2.28. The van der Waals surface area contributed by atoms with E-state index in [4.69, 9.17) is 4.74 Å². The lowest BCUT2D eigenvalue weighted by Crippen LogP contribution is -2.32. The van der Waals surface area contributed by atoms with Crippen LogP contribution in [0.3, 0.4) is 0 Å². The highest BCUT2D eigenvalue weighted by molar-refractivity contribution is 5.81. The second kappa shape index (κ2) is 6.71. The van der Waals surface area contributed by atoms with Gasteiger partial charge in [-0.3, -0.25) is 14.5 Å². The molecule has 21 heavy (non-hydrogen) atoms. The van der Waals surface area contributed by atoms with Gasteiger partial charge in [0.25, 0.3) is 0 Å². The van der Waals surface area contributed by atoms with Crippen molar-refractivity contribution >= 4 is 18.0 Å². The van der Waals surface area contributed by atoms with Gasteiger partial charge in [0.15, 0.2) is 0 Å². The first-order chi connectivity index (χ1) is 10.2. The molecule has 0 bridgehead atoms. The Labute approximate surface area is 123 Å². The van der Waals surface area contributed by atoms with Crippen molar-refractivity contribution in [1.29, 1.82) is 5.26 Å². The highest BCUT2D eigenvalue weighted by atomic mass is 16.5. The van der Waals surface area contributed by atoms with Crippen molar-refractivity contribution in [1.82, 2.24) is 4.90 Å². The van der Waals surface area contributed by atoms with Crippen molar-refractivity contribution in [2.24, 2.45) is 0 Å². The number of amides is 1. The number of benzene rings is 1. The smallest absolute Gasteiger partial charge is 0.305 e. The van der Waals surface area contributed by atoms with Crippen LogP contribution in [0.25, 0.3) is 6.08 Å². The Hall–Kier alpha value is -2.61. The van der Waals surface area contributed by atoms with E-state index in [1.807, 2.05) is 24.3 Å². The fourth-order valence-corrected chi connectivity index (χ4v) is 2.15. The zero-order valence-corrected chi connectivity index (χ0v) is 11.8. The average Bonchev–Trinajstić information content (AvgIpc) is 2.53. The molecule has 0 spiro atoms. The number of carbonyl (C=O) groups excluding carboxylic acids is 2. The van der Waals surface area contributed by atoms with E-state index in [1.165, 1.54) is 4.90 Å². The van der Waals surface area contributed by atoms with E-state index in [0.717, 1.165) is 11.1 Å². The Balaban J connectivity index is 2.06. The maximum absolute atomic E-state index is 12.2. The van der Waals surface area contributed by atoms with Gasteiger partial charge >= 0.3 is 5.97 Å². The van der Waals surface area contributed by atoms with Gasteiger partial charge in [0, 0.05) is 12.6 Å². The van der Waals surface area contributed by atoms with Gasteiger partial charge in [-0.1, -0.05) is 31.2 Å². The van der Waals surface area contributed by atoms with Gasteiger partial charge < -0.3 is 4.74 Å². The van der Waals surface area contributed by atoms with Crippen LogP contribution in [0.5, 0.6) is 0 Å². The minimum atomic E-state index is -0.638. The second-order valence-electron chi connectivity index (χ2n) is 4.60. The number of hydrogen-bond acceptors (Lipinski definition) is 4. The van der Waals surface area contributed by atoms with Crippen LogP contribution in [0.2, 0.25) is 0 Å². The zero-order chi connectivity index (χ0) is 15.2. The predicted molar refractivity (Wildman–Crippen MR) is 76.5 cm³/mol. The maximum atomic E-state index is 12.2. The molecule has 1 amide bonds. The molecule has 5 nitrogen and oxygen atoms in total. The van der Waals surface area contributed by atoms with Crippen molar-refractivity contribution in [3.05, 3.63) is 41.6 Å². The summed E-state index contributed by atoms with van der Waals surface area (Å²) in [5.74, 6) is -0.574. The van der Waals surface area contributed by atoms with Crippen LogP contribution in [0.4, 0.5) is 0 Å². The third kappa shape index (κ3) is 3.29. The van der Waals surface area contributed by atoms with Crippen LogP contribution >= 0.6 is 0 Å². The summed E-state index contributed by atoms with van der Waals surface area (Å²) >= 11 is 0. The molecule has 0 radical (unpaired) electrons.